The van der Waals surface area contributed by atoms with E-state index < -0.39 is 3.79 Å². The zero-order chi connectivity index (χ0) is 8.20. The second kappa shape index (κ2) is 3.68. The van der Waals surface area contributed by atoms with Crippen molar-refractivity contribution in [2.45, 2.75) is 3.79 Å². The van der Waals surface area contributed by atoms with E-state index in [0.717, 1.165) is 6.08 Å². The van der Waals surface area contributed by atoms with Gasteiger partial charge in [0.05, 0.1) is 0 Å². The van der Waals surface area contributed by atoms with Crippen LogP contribution < -0.4 is 0 Å². The first-order chi connectivity index (χ1) is 4.49. The summed E-state index contributed by atoms with van der Waals surface area (Å²) >= 11 is 15.7. The van der Waals surface area contributed by atoms with Gasteiger partial charge in [-0.3, -0.25) is 0 Å². The highest BCUT2D eigenvalue weighted by Crippen LogP contribution is 2.28. The fraction of sp³-hybridized carbons (Fsp3) is 0.200. The number of hydrogen-bond acceptors (Lipinski definition) is 2. The van der Waals surface area contributed by atoms with E-state index >= 15 is 0 Å². The van der Waals surface area contributed by atoms with Gasteiger partial charge in [0.1, 0.15) is 17.7 Å². The van der Waals surface area contributed by atoms with Crippen LogP contribution in [0.1, 0.15) is 0 Å². The van der Waals surface area contributed by atoms with Crippen molar-refractivity contribution < 1.29 is 0 Å². The largest absolute Gasteiger partial charge is 0.211 e. The van der Waals surface area contributed by atoms with Crippen LogP contribution in [-0.2, 0) is 0 Å². The Balaban J connectivity index is 4.50. The minimum absolute atomic E-state index is 0.208. The highest BCUT2D eigenvalue weighted by atomic mass is 35.6. The normalized spacial score (nSPS) is 9.30. The van der Waals surface area contributed by atoms with Crippen LogP contribution in [0.25, 0.3) is 0 Å². The van der Waals surface area contributed by atoms with Crippen LogP contribution in [0.5, 0.6) is 0 Å². The number of hydrogen-bond donors (Lipinski definition) is 0. The van der Waals surface area contributed by atoms with Crippen molar-refractivity contribution in [2.75, 3.05) is 0 Å². The molecule has 0 heterocycles. The van der Waals surface area contributed by atoms with Crippen LogP contribution in [-0.4, -0.2) is 3.79 Å². The van der Waals surface area contributed by atoms with Gasteiger partial charge in [-0.25, -0.2) is 0 Å². The van der Waals surface area contributed by atoms with Crippen molar-refractivity contribution in [1.29, 1.82) is 10.5 Å². The van der Waals surface area contributed by atoms with Crippen LogP contribution >= 0.6 is 34.8 Å². The molecule has 0 radical (unpaired) electrons. The first kappa shape index (κ1) is 9.59. The molecular weight excluding hydrogens is 194 g/mol. The third-order valence-corrected chi connectivity index (χ3v) is 0.876. The molecule has 0 rings (SSSR count). The Morgan fingerprint density at radius 1 is 1.20 bits per heavy atom. The van der Waals surface area contributed by atoms with E-state index in [-0.39, 0.29) is 5.57 Å². The molecule has 2 nitrogen and oxygen atoms in total. The Hall–Kier alpha value is -0.410. The fourth-order valence-electron chi connectivity index (χ4n) is 0.253. The summed E-state index contributed by atoms with van der Waals surface area (Å²) in [6.45, 7) is 0. The molecule has 52 valence electrons. The molecule has 0 spiro atoms. The molecule has 5 heteroatoms. The van der Waals surface area contributed by atoms with Gasteiger partial charge >= 0.3 is 0 Å². The lowest BCUT2D eigenvalue weighted by Crippen LogP contribution is -1.96. The highest BCUT2D eigenvalue weighted by molar-refractivity contribution is 6.69. The van der Waals surface area contributed by atoms with Crippen LogP contribution in [0, 0.1) is 22.7 Å². The second-order valence-corrected chi connectivity index (χ2v) is 3.69. The number of nitrogens with zero attached hydrogens (tertiary/aromatic N) is 2. The van der Waals surface area contributed by atoms with E-state index in [1.54, 1.807) is 12.1 Å². The molecule has 0 saturated heterocycles. The third-order valence-electron chi connectivity index (χ3n) is 0.549. The first-order valence-corrected chi connectivity index (χ1v) is 3.23. The lowest BCUT2D eigenvalue weighted by atomic mass is 10.3. The van der Waals surface area contributed by atoms with Crippen molar-refractivity contribution in [3.8, 4) is 12.1 Å². The Kier molecular flexibility index (Phi) is 3.53. The number of halogens is 3. The van der Waals surface area contributed by atoms with Gasteiger partial charge in [0.25, 0.3) is 0 Å². The standard InChI is InChI=1S/C5HCl3N2/c6-5(7,8)1-4(2-9)3-10/h1H. The summed E-state index contributed by atoms with van der Waals surface area (Å²) in [5, 5.41) is 16.3. The van der Waals surface area contributed by atoms with Gasteiger partial charge < -0.3 is 0 Å². The fourth-order valence-corrected chi connectivity index (χ4v) is 0.581. The summed E-state index contributed by atoms with van der Waals surface area (Å²) in [5.74, 6) is 0. The zero-order valence-electron chi connectivity index (χ0n) is 4.61. The summed E-state index contributed by atoms with van der Waals surface area (Å²) in [7, 11) is 0. The van der Waals surface area contributed by atoms with Gasteiger partial charge in [0.15, 0.2) is 0 Å². The van der Waals surface area contributed by atoms with Gasteiger partial charge in [-0.05, 0) is 6.08 Å². The highest BCUT2D eigenvalue weighted by Gasteiger charge is 2.16. The maximum atomic E-state index is 8.17. The molecule has 0 bridgehead atoms. The van der Waals surface area contributed by atoms with Crippen LogP contribution in [0.4, 0.5) is 0 Å². The third kappa shape index (κ3) is 4.47. The summed E-state index contributed by atoms with van der Waals surface area (Å²) in [6.07, 6.45) is 0.956. The lowest BCUT2D eigenvalue weighted by molar-refractivity contribution is 1.39. The van der Waals surface area contributed by atoms with Gasteiger partial charge in [0, 0.05) is 0 Å². The minimum atomic E-state index is -1.67. The zero-order valence-corrected chi connectivity index (χ0v) is 6.87. The Morgan fingerprint density at radius 2 is 1.60 bits per heavy atom. The van der Waals surface area contributed by atoms with Crippen LogP contribution in [0.3, 0.4) is 0 Å². The summed E-state index contributed by atoms with van der Waals surface area (Å²) < 4.78 is -1.67. The smallest absolute Gasteiger partial charge is 0.192 e. The van der Waals surface area contributed by atoms with Crippen molar-refractivity contribution in [3.05, 3.63) is 11.6 Å². The monoisotopic (exact) mass is 194 g/mol. The Labute approximate surface area is 73.2 Å². The molecule has 0 fully saturated rings. The number of allylic oxidation sites excluding steroid dienone is 2. The molecule has 10 heavy (non-hydrogen) atoms. The summed E-state index contributed by atoms with van der Waals surface area (Å²) in [5.41, 5.74) is -0.208. The van der Waals surface area contributed by atoms with E-state index in [2.05, 4.69) is 0 Å². The average Bonchev–Trinajstić information content (AvgIpc) is 1.81. The van der Waals surface area contributed by atoms with Gasteiger partial charge in [0.2, 0.25) is 3.79 Å². The summed E-state index contributed by atoms with van der Waals surface area (Å²) in [4.78, 5) is 0. The van der Waals surface area contributed by atoms with Crippen molar-refractivity contribution in [2.24, 2.45) is 0 Å². The second-order valence-electron chi connectivity index (χ2n) is 1.32. The molecule has 0 unspecified atom stereocenters. The number of rotatable bonds is 0. The maximum absolute atomic E-state index is 8.17. The molecule has 0 aromatic rings. The SMILES string of the molecule is N#CC(C#N)=CC(Cl)(Cl)Cl. The predicted molar refractivity (Wildman–Crippen MR) is 39.6 cm³/mol. The van der Waals surface area contributed by atoms with E-state index in [9.17, 15) is 0 Å². The average molecular weight is 195 g/mol. The molecular formula is C5HCl3N2. The summed E-state index contributed by atoms with van der Waals surface area (Å²) in [6, 6.07) is 3.11. The van der Waals surface area contributed by atoms with E-state index in [0.29, 0.717) is 0 Å². The van der Waals surface area contributed by atoms with Crippen molar-refractivity contribution in [3.63, 3.8) is 0 Å². The van der Waals surface area contributed by atoms with Crippen molar-refractivity contribution >= 4 is 34.8 Å². The maximum Gasteiger partial charge on any atom is 0.211 e. The Bertz CT molecular complexity index is 209. The number of nitriles is 2. The van der Waals surface area contributed by atoms with E-state index in [1.807, 2.05) is 0 Å². The first-order valence-electron chi connectivity index (χ1n) is 2.09. The predicted octanol–water partition coefficient (Wildman–Crippen LogP) is 2.33. The number of alkyl halides is 3. The minimum Gasteiger partial charge on any atom is -0.192 e. The van der Waals surface area contributed by atoms with Gasteiger partial charge in [-0.15, -0.1) is 0 Å². The molecule has 0 amide bonds. The van der Waals surface area contributed by atoms with Crippen LogP contribution in [0.15, 0.2) is 11.6 Å². The molecule has 0 aromatic carbocycles. The van der Waals surface area contributed by atoms with Crippen LogP contribution in [0.2, 0.25) is 0 Å². The molecule has 0 aromatic heterocycles. The lowest BCUT2D eigenvalue weighted by Gasteiger charge is -2.00. The van der Waals surface area contributed by atoms with E-state index in [1.165, 1.54) is 0 Å². The topological polar surface area (TPSA) is 47.6 Å². The molecule has 0 saturated carbocycles. The molecule has 0 aliphatic carbocycles. The molecule has 0 aliphatic rings. The molecule has 0 aliphatic heterocycles. The van der Waals surface area contributed by atoms with E-state index in [4.69, 9.17) is 45.3 Å². The van der Waals surface area contributed by atoms with Gasteiger partial charge in [-0.1, -0.05) is 34.8 Å². The van der Waals surface area contributed by atoms with Gasteiger partial charge in [-0.2, -0.15) is 10.5 Å². The quantitative estimate of drug-likeness (QED) is 0.440. The Morgan fingerprint density at radius 3 is 1.70 bits per heavy atom. The molecule has 0 atom stereocenters. The van der Waals surface area contributed by atoms with Crippen molar-refractivity contribution in [1.82, 2.24) is 0 Å². The molecule has 0 N–H and O–H groups in total.